The summed E-state index contributed by atoms with van der Waals surface area (Å²) in [6, 6.07) is 7.49. The Balaban J connectivity index is 1.64. The number of rotatable bonds is 5. The van der Waals surface area contributed by atoms with Crippen molar-refractivity contribution in [3.63, 3.8) is 0 Å². The summed E-state index contributed by atoms with van der Waals surface area (Å²) in [4.78, 5) is 46.2. The number of esters is 2. The predicted octanol–water partition coefficient (Wildman–Crippen LogP) is 6.15. The summed E-state index contributed by atoms with van der Waals surface area (Å²) in [6.07, 6.45) is 4.75. The van der Waals surface area contributed by atoms with E-state index < -0.39 is 28.9 Å². The van der Waals surface area contributed by atoms with E-state index in [4.69, 9.17) is 16.3 Å². The van der Waals surface area contributed by atoms with Gasteiger partial charge in [0.1, 0.15) is 0 Å². The Morgan fingerprint density at radius 2 is 1.59 bits per heavy atom. The molecule has 1 aromatic rings. The second kappa shape index (κ2) is 11.6. The second-order valence-corrected chi connectivity index (χ2v) is 15.7. The van der Waals surface area contributed by atoms with E-state index in [2.05, 4.69) is 44.8 Å². The summed E-state index contributed by atoms with van der Waals surface area (Å²) < 4.78 is 5.85. The smallest absolute Gasteiger partial charge is 0.355 e. The minimum absolute atomic E-state index is 0.0835. The van der Waals surface area contributed by atoms with Crippen molar-refractivity contribution < 1.29 is 19.1 Å². The molecule has 0 aromatic heterocycles. The Labute approximate surface area is 251 Å². The van der Waals surface area contributed by atoms with Crippen molar-refractivity contribution in [3.8, 4) is 0 Å². The topological polar surface area (TPSA) is 79.0 Å². The first-order valence-electron chi connectivity index (χ1n) is 15.3. The van der Waals surface area contributed by atoms with Crippen LogP contribution in [0.1, 0.15) is 105 Å². The lowest BCUT2D eigenvalue weighted by molar-refractivity contribution is -0.181. The number of hydrogen-bond acceptors (Lipinski definition) is 6. The van der Waals surface area contributed by atoms with Crippen molar-refractivity contribution in [2.75, 3.05) is 19.6 Å². The summed E-state index contributed by atoms with van der Waals surface area (Å²) in [7, 11) is 0. The monoisotopic (exact) mass is 587 g/mol. The Morgan fingerprint density at radius 1 is 0.976 bits per heavy atom. The van der Waals surface area contributed by atoms with Gasteiger partial charge in [-0.05, 0) is 89.0 Å². The van der Waals surface area contributed by atoms with Crippen LogP contribution in [0.5, 0.6) is 0 Å². The fraction of sp³-hybridized carbons (Fsp3) is 0.727. The molecule has 41 heavy (non-hydrogen) atoms. The summed E-state index contributed by atoms with van der Waals surface area (Å²) in [6.45, 7) is 18.3. The van der Waals surface area contributed by atoms with Gasteiger partial charge in [-0.25, -0.2) is 4.79 Å². The molecule has 4 rings (SSSR count). The molecule has 1 aliphatic carbocycles. The van der Waals surface area contributed by atoms with Gasteiger partial charge in [0, 0.05) is 41.0 Å². The van der Waals surface area contributed by atoms with Crippen LogP contribution in [-0.2, 0) is 19.1 Å². The molecule has 8 heteroatoms. The van der Waals surface area contributed by atoms with Crippen molar-refractivity contribution in [1.82, 2.24) is 15.1 Å². The molecule has 3 fully saturated rings. The average Bonchev–Trinajstić information content (AvgIpc) is 3.54. The van der Waals surface area contributed by atoms with Crippen LogP contribution in [-0.4, -0.2) is 64.5 Å². The first-order chi connectivity index (χ1) is 18.9. The Morgan fingerprint density at radius 3 is 2.10 bits per heavy atom. The number of nitrogens with one attached hydrogen (secondary N) is 1. The van der Waals surface area contributed by atoms with Gasteiger partial charge in [0.2, 0.25) is 5.91 Å². The Bertz CT molecular complexity index is 1120. The number of halogens is 1. The zero-order valence-corrected chi connectivity index (χ0v) is 27.1. The number of amides is 1. The zero-order valence-electron chi connectivity index (χ0n) is 26.3. The van der Waals surface area contributed by atoms with Gasteiger partial charge in [-0.15, -0.1) is 0 Å². The van der Waals surface area contributed by atoms with Crippen molar-refractivity contribution in [2.45, 2.75) is 117 Å². The number of carbonyl (C=O) groups excluding carboxylic acids is 3. The third-order valence-corrected chi connectivity index (χ3v) is 9.73. The molecule has 7 nitrogen and oxygen atoms in total. The maximum atomic E-state index is 14.2. The quantitative estimate of drug-likeness (QED) is 0.329. The first kappa shape index (κ1) is 32.0. The van der Waals surface area contributed by atoms with Crippen molar-refractivity contribution in [2.24, 2.45) is 16.7 Å². The third-order valence-electron chi connectivity index (χ3n) is 9.48. The summed E-state index contributed by atoms with van der Waals surface area (Å²) in [5.74, 6) is -1.90. The average molecular weight is 588 g/mol. The molecular formula is C33H50ClN3O4. The van der Waals surface area contributed by atoms with Gasteiger partial charge in [-0.1, -0.05) is 58.4 Å². The van der Waals surface area contributed by atoms with Crippen molar-refractivity contribution >= 4 is 29.4 Å². The lowest BCUT2D eigenvalue weighted by Gasteiger charge is -2.49. The van der Waals surface area contributed by atoms with Gasteiger partial charge < -0.3 is 9.64 Å². The van der Waals surface area contributed by atoms with Crippen molar-refractivity contribution in [1.29, 1.82) is 0 Å². The van der Waals surface area contributed by atoms with Crippen LogP contribution < -0.4 is 5.32 Å². The van der Waals surface area contributed by atoms with Gasteiger partial charge in [0.05, 0.1) is 5.92 Å². The summed E-state index contributed by atoms with van der Waals surface area (Å²) >= 11 is 6.16. The standard InChI is InChI=1S/C33H50ClN3O4/c1-30(2,3)28(39)37(24-14-17-32(7,8)18-15-24)33(16-9-19-35-33)29(40)41-27(38)26-21-36(31(4,5)6)20-25(26)22-10-12-23(34)13-11-22/h10-13,24-26,35H,9,14-21H2,1-8H3/t25-,26+,33-/m0/s1. The Kier molecular flexibility index (Phi) is 9.05. The fourth-order valence-electron chi connectivity index (χ4n) is 6.75. The number of hydrogen-bond donors (Lipinski definition) is 1. The lowest BCUT2D eigenvalue weighted by Crippen LogP contribution is -2.68. The van der Waals surface area contributed by atoms with Crippen molar-refractivity contribution in [3.05, 3.63) is 34.9 Å². The third kappa shape index (κ3) is 6.83. The van der Waals surface area contributed by atoms with Gasteiger partial charge in [-0.3, -0.25) is 19.8 Å². The largest absolute Gasteiger partial charge is 0.390 e. The maximum Gasteiger partial charge on any atom is 0.355 e. The van der Waals surface area contributed by atoms with E-state index in [1.54, 1.807) is 4.90 Å². The number of benzene rings is 1. The highest BCUT2D eigenvalue weighted by Gasteiger charge is 2.56. The molecule has 228 valence electrons. The van der Waals surface area contributed by atoms with Gasteiger partial charge >= 0.3 is 11.9 Å². The molecule has 2 saturated heterocycles. The molecule has 3 atom stereocenters. The zero-order chi connectivity index (χ0) is 30.4. The van der Waals surface area contributed by atoms with Crippen LogP contribution >= 0.6 is 11.6 Å². The molecule has 1 amide bonds. The molecule has 0 bridgehead atoms. The van der Waals surface area contributed by atoms with Gasteiger partial charge in [-0.2, -0.15) is 0 Å². The van der Waals surface area contributed by atoms with Crippen LogP contribution in [0, 0.1) is 16.7 Å². The van der Waals surface area contributed by atoms with E-state index >= 15 is 0 Å². The predicted molar refractivity (Wildman–Crippen MR) is 162 cm³/mol. The van der Waals surface area contributed by atoms with E-state index in [9.17, 15) is 14.4 Å². The molecule has 0 unspecified atom stereocenters. The Hall–Kier alpha value is -1.96. The SMILES string of the molecule is CC1(C)CCC(N(C(=O)C(C)(C)C)[C@]2(C(=O)OC(=O)[C@@H]3CN(C(C)(C)C)C[C@H]3c3ccc(Cl)cc3)CCCN2)CC1. The highest BCUT2D eigenvalue weighted by atomic mass is 35.5. The number of carbonyl (C=O) groups is 3. The highest BCUT2D eigenvalue weighted by molar-refractivity contribution is 6.30. The molecule has 2 heterocycles. The maximum absolute atomic E-state index is 14.2. The van der Waals surface area contributed by atoms with E-state index in [1.165, 1.54) is 0 Å². The van der Waals surface area contributed by atoms with E-state index in [1.807, 2.05) is 45.0 Å². The molecule has 0 spiro atoms. The van der Waals surface area contributed by atoms with E-state index in [-0.39, 0.29) is 28.8 Å². The highest BCUT2D eigenvalue weighted by Crippen LogP contribution is 2.43. The molecular weight excluding hydrogens is 538 g/mol. The van der Waals surface area contributed by atoms with E-state index in [0.29, 0.717) is 31.1 Å². The van der Waals surface area contributed by atoms with Crippen LogP contribution in [0.3, 0.4) is 0 Å². The molecule has 1 saturated carbocycles. The van der Waals surface area contributed by atoms with Crippen LogP contribution in [0.15, 0.2) is 24.3 Å². The fourth-order valence-corrected chi connectivity index (χ4v) is 6.88. The first-order valence-corrected chi connectivity index (χ1v) is 15.7. The second-order valence-electron chi connectivity index (χ2n) is 15.3. The van der Waals surface area contributed by atoms with Gasteiger partial charge in [0.15, 0.2) is 5.66 Å². The molecule has 2 aliphatic heterocycles. The van der Waals surface area contributed by atoms with Crippen LogP contribution in [0.4, 0.5) is 0 Å². The number of nitrogens with zero attached hydrogens (tertiary/aromatic N) is 2. The molecule has 3 aliphatic rings. The number of ether oxygens (including phenoxy) is 1. The summed E-state index contributed by atoms with van der Waals surface area (Å²) in [5, 5.41) is 4.01. The van der Waals surface area contributed by atoms with Gasteiger partial charge in [0.25, 0.3) is 0 Å². The normalized spacial score (nSPS) is 27.5. The minimum Gasteiger partial charge on any atom is -0.390 e. The minimum atomic E-state index is -1.34. The van der Waals surface area contributed by atoms with Crippen LogP contribution in [0.25, 0.3) is 0 Å². The molecule has 1 aromatic carbocycles. The summed E-state index contributed by atoms with van der Waals surface area (Å²) in [5.41, 5.74) is -0.976. The lowest BCUT2D eigenvalue weighted by atomic mass is 9.74. The van der Waals surface area contributed by atoms with E-state index in [0.717, 1.165) is 37.7 Å². The van der Waals surface area contributed by atoms with Crippen LogP contribution in [0.2, 0.25) is 5.02 Å². The molecule has 0 radical (unpaired) electrons. The molecule has 1 N–H and O–H groups in total. The number of likely N-dealkylation sites (tertiary alicyclic amines) is 1.